The average molecular weight is 428 g/mol. The lowest BCUT2D eigenvalue weighted by molar-refractivity contribution is -0.116. The van der Waals surface area contributed by atoms with Gasteiger partial charge in [0.1, 0.15) is 23.2 Å². The largest absolute Gasteiger partial charge is 0.495 e. The number of amides is 2. The molecular formula is C23H19F3N2O3. The van der Waals surface area contributed by atoms with Crippen LogP contribution < -0.4 is 15.4 Å². The summed E-state index contributed by atoms with van der Waals surface area (Å²) in [6, 6.07) is 12.9. The van der Waals surface area contributed by atoms with Crippen LogP contribution in [-0.2, 0) is 11.2 Å². The first-order valence-corrected chi connectivity index (χ1v) is 9.34. The van der Waals surface area contributed by atoms with E-state index in [4.69, 9.17) is 4.74 Å². The smallest absolute Gasteiger partial charge is 0.255 e. The molecule has 0 unspecified atom stereocenters. The Labute approximate surface area is 176 Å². The molecular weight excluding hydrogens is 409 g/mol. The van der Waals surface area contributed by atoms with E-state index in [1.165, 1.54) is 31.4 Å². The molecule has 0 aliphatic heterocycles. The number of anilines is 2. The van der Waals surface area contributed by atoms with Crippen LogP contribution in [0.3, 0.4) is 0 Å². The second kappa shape index (κ2) is 9.80. The maximum atomic E-state index is 13.7. The minimum atomic E-state index is -0.582. The molecule has 0 aliphatic carbocycles. The van der Waals surface area contributed by atoms with Crippen molar-refractivity contribution in [3.63, 3.8) is 0 Å². The van der Waals surface area contributed by atoms with Crippen molar-refractivity contribution in [3.8, 4) is 5.75 Å². The van der Waals surface area contributed by atoms with Gasteiger partial charge in [0, 0.05) is 17.7 Å². The van der Waals surface area contributed by atoms with E-state index < -0.39 is 29.3 Å². The molecule has 3 aromatic carbocycles. The maximum Gasteiger partial charge on any atom is 0.255 e. The highest BCUT2D eigenvalue weighted by Crippen LogP contribution is 2.28. The first kappa shape index (κ1) is 21.9. The van der Waals surface area contributed by atoms with Crippen molar-refractivity contribution in [3.05, 3.63) is 89.2 Å². The van der Waals surface area contributed by atoms with Crippen LogP contribution in [-0.4, -0.2) is 18.9 Å². The maximum absolute atomic E-state index is 13.7. The minimum absolute atomic E-state index is 0.0226. The van der Waals surface area contributed by atoms with E-state index in [-0.39, 0.29) is 29.7 Å². The van der Waals surface area contributed by atoms with Gasteiger partial charge in [0.25, 0.3) is 5.91 Å². The Hall–Kier alpha value is -3.81. The van der Waals surface area contributed by atoms with Gasteiger partial charge in [-0.2, -0.15) is 0 Å². The van der Waals surface area contributed by atoms with Gasteiger partial charge >= 0.3 is 0 Å². The fourth-order valence-corrected chi connectivity index (χ4v) is 2.91. The Balaban J connectivity index is 1.68. The fourth-order valence-electron chi connectivity index (χ4n) is 2.91. The van der Waals surface area contributed by atoms with E-state index in [1.807, 2.05) is 0 Å². The third kappa shape index (κ3) is 5.85. The molecule has 2 N–H and O–H groups in total. The van der Waals surface area contributed by atoms with Crippen molar-refractivity contribution < 1.29 is 27.5 Å². The summed E-state index contributed by atoms with van der Waals surface area (Å²) in [4.78, 5) is 24.6. The molecule has 0 radical (unpaired) electrons. The number of carbonyl (C=O) groups excluding carboxylic acids is 2. The van der Waals surface area contributed by atoms with Crippen molar-refractivity contribution in [1.29, 1.82) is 0 Å². The van der Waals surface area contributed by atoms with Crippen molar-refractivity contribution >= 4 is 23.2 Å². The van der Waals surface area contributed by atoms with Crippen LogP contribution in [0, 0.1) is 17.5 Å². The normalized spacial score (nSPS) is 10.5. The summed E-state index contributed by atoms with van der Waals surface area (Å²) in [5.41, 5.74) is 0.854. The standard InChI is InChI=1S/C23H19F3N2O3/c1-31-21-9-7-18(13-20(21)28-23(30)15-3-2-4-16(24)12-15)27-22(29)10-5-14-11-17(25)6-8-19(14)26/h2-4,6-9,11-13H,5,10H2,1H3,(H,27,29)(H,28,30). The van der Waals surface area contributed by atoms with Gasteiger partial charge in [-0.15, -0.1) is 0 Å². The fraction of sp³-hybridized carbons (Fsp3) is 0.130. The zero-order valence-electron chi connectivity index (χ0n) is 16.5. The summed E-state index contributed by atoms with van der Waals surface area (Å²) in [7, 11) is 1.42. The van der Waals surface area contributed by atoms with Crippen molar-refractivity contribution in [2.45, 2.75) is 12.8 Å². The second-order valence-corrected chi connectivity index (χ2v) is 6.66. The van der Waals surface area contributed by atoms with Gasteiger partial charge < -0.3 is 15.4 Å². The summed E-state index contributed by atoms with van der Waals surface area (Å²) < 4.78 is 45.5. The van der Waals surface area contributed by atoms with Gasteiger partial charge in [-0.3, -0.25) is 9.59 Å². The Morgan fingerprint density at radius 2 is 1.68 bits per heavy atom. The number of benzene rings is 3. The molecule has 0 fully saturated rings. The van der Waals surface area contributed by atoms with E-state index in [1.54, 1.807) is 12.1 Å². The highest BCUT2D eigenvalue weighted by molar-refractivity contribution is 6.05. The summed E-state index contributed by atoms with van der Waals surface area (Å²) in [6.07, 6.45) is -0.0495. The quantitative estimate of drug-likeness (QED) is 0.560. The number of carbonyl (C=O) groups is 2. The topological polar surface area (TPSA) is 67.4 Å². The first-order valence-electron chi connectivity index (χ1n) is 9.34. The zero-order valence-corrected chi connectivity index (χ0v) is 16.5. The molecule has 160 valence electrons. The minimum Gasteiger partial charge on any atom is -0.495 e. The van der Waals surface area contributed by atoms with E-state index in [2.05, 4.69) is 10.6 Å². The van der Waals surface area contributed by atoms with Crippen molar-refractivity contribution in [1.82, 2.24) is 0 Å². The monoisotopic (exact) mass is 428 g/mol. The van der Waals surface area contributed by atoms with Gasteiger partial charge in [0.2, 0.25) is 5.91 Å². The van der Waals surface area contributed by atoms with Crippen LogP contribution in [0.2, 0.25) is 0 Å². The molecule has 0 spiro atoms. The summed E-state index contributed by atoms with van der Waals surface area (Å²) >= 11 is 0. The molecule has 0 aliphatic rings. The van der Waals surface area contributed by atoms with Crippen molar-refractivity contribution in [2.24, 2.45) is 0 Å². The number of methoxy groups -OCH3 is 1. The van der Waals surface area contributed by atoms with Crippen LogP contribution in [0.5, 0.6) is 5.75 Å². The van der Waals surface area contributed by atoms with E-state index in [0.717, 1.165) is 24.3 Å². The van der Waals surface area contributed by atoms with Crippen LogP contribution in [0.1, 0.15) is 22.3 Å². The molecule has 0 saturated heterocycles. The van der Waals surface area contributed by atoms with E-state index in [0.29, 0.717) is 11.4 Å². The Morgan fingerprint density at radius 1 is 0.903 bits per heavy atom. The van der Waals surface area contributed by atoms with Gasteiger partial charge in [-0.05, 0) is 66.6 Å². The van der Waals surface area contributed by atoms with Crippen molar-refractivity contribution in [2.75, 3.05) is 17.7 Å². The lowest BCUT2D eigenvalue weighted by Gasteiger charge is -2.13. The lowest BCUT2D eigenvalue weighted by atomic mass is 10.1. The molecule has 3 aromatic rings. The predicted octanol–water partition coefficient (Wildman–Crippen LogP) is 4.94. The number of ether oxygens (including phenoxy) is 1. The molecule has 0 aromatic heterocycles. The number of hydrogen-bond donors (Lipinski definition) is 2. The molecule has 3 rings (SSSR count). The van der Waals surface area contributed by atoms with Gasteiger partial charge in [-0.25, -0.2) is 13.2 Å². The molecule has 0 bridgehead atoms. The molecule has 0 heterocycles. The van der Waals surface area contributed by atoms with Crippen LogP contribution >= 0.6 is 0 Å². The predicted molar refractivity (Wildman–Crippen MR) is 111 cm³/mol. The summed E-state index contributed by atoms with van der Waals surface area (Å²) in [5.74, 6) is -2.34. The van der Waals surface area contributed by atoms with Crippen LogP contribution in [0.25, 0.3) is 0 Å². The third-order valence-electron chi connectivity index (χ3n) is 4.45. The zero-order chi connectivity index (χ0) is 22.4. The molecule has 2 amide bonds. The second-order valence-electron chi connectivity index (χ2n) is 6.66. The summed E-state index contributed by atoms with van der Waals surface area (Å²) in [6.45, 7) is 0. The Morgan fingerprint density at radius 3 is 2.42 bits per heavy atom. The van der Waals surface area contributed by atoms with Gasteiger partial charge in [0.15, 0.2) is 0 Å². The third-order valence-corrected chi connectivity index (χ3v) is 4.45. The molecule has 5 nitrogen and oxygen atoms in total. The first-order chi connectivity index (χ1) is 14.9. The average Bonchev–Trinajstić information content (AvgIpc) is 2.74. The number of rotatable bonds is 7. The van der Waals surface area contributed by atoms with Crippen LogP contribution in [0.15, 0.2) is 60.7 Å². The molecule has 31 heavy (non-hydrogen) atoms. The van der Waals surface area contributed by atoms with Gasteiger partial charge in [0.05, 0.1) is 12.8 Å². The van der Waals surface area contributed by atoms with E-state index >= 15 is 0 Å². The number of aryl methyl sites for hydroxylation is 1. The van der Waals surface area contributed by atoms with E-state index in [9.17, 15) is 22.8 Å². The highest BCUT2D eigenvalue weighted by atomic mass is 19.1. The summed E-state index contributed by atoms with van der Waals surface area (Å²) in [5, 5.41) is 5.26. The molecule has 0 saturated carbocycles. The number of hydrogen-bond acceptors (Lipinski definition) is 3. The SMILES string of the molecule is COc1ccc(NC(=O)CCc2cc(F)ccc2F)cc1NC(=O)c1cccc(F)c1. The number of nitrogens with one attached hydrogen (secondary N) is 2. The Kier molecular flexibility index (Phi) is 6.92. The lowest BCUT2D eigenvalue weighted by Crippen LogP contribution is -2.15. The van der Waals surface area contributed by atoms with Crippen LogP contribution in [0.4, 0.5) is 24.5 Å². The van der Waals surface area contributed by atoms with Gasteiger partial charge in [-0.1, -0.05) is 6.07 Å². The molecule has 0 atom stereocenters. The highest BCUT2D eigenvalue weighted by Gasteiger charge is 2.13. The Bertz CT molecular complexity index is 1120. The number of halogens is 3. The molecule has 8 heteroatoms.